The summed E-state index contributed by atoms with van der Waals surface area (Å²) < 4.78 is 5.54. The van der Waals surface area contributed by atoms with Crippen molar-refractivity contribution in [3.8, 4) is 5.88 Å². The summed E-state index contributed by atoms with van der Waals surface area (Å²) in [6, 6.07) is 1.89. The van der Waals surface area contributed by atoms with E-state index >= 15 is 0 Å². The highest BCUT2D eigenvalue weighted by Crippen LogP contribution is 2.19. The van der Waals surface area contributed by atoms with Crippen molar-refractivity contribution in [2.45, 2.75) is 26.3 Å². The number of hydrogen-bond donors (Lipinski definition) is 1. The van der Waals surface area contributed by atoms with Crippen LogP contribution in [0.4, 0.5) is 0 Å². The Balaban J connectivity index is 2.51. The molecule has 0 fully saturated rings. The maximum atomic E-state index is 6.04. The lowest BCUT2D eigenvalue weighted by atomic mass is 10.2. The fourth-order valence-corrected chi connectivity index (χ4v) is 1.51. The molecule has 0 amide bonds. The van der Waals surface area contributed by atoms with E-state index in [9.17, 15) is 0 Å². The van der Waals surface area contributed by atoms with Crippen molar-refractivity contribution >= 4 is 11.6 Å². The normalized spacial score (nSPS) is 10.2. The highest BCUT2D eigenvalue weighted by Gasteiger charge is 2.03. The van der Waals surface area contributed by atoms with Crippen LogP contribution >= 0.6 is 11.6 Å². The number of unbranched alkanes of at least 4 members (excludes halogenated alkanes) is 1. The second kappa shape index (κ2) is 8.09. The van der Waals surface area contributed by atoms with Crippen LogP contribution in [0, 0.1) is 0 Å². The first-order chi connectivity index (χ1) is 8.27. The molecule has 1 N–H and O–H groups in total. The number of ether oxygens (including phenoxy) is 1. The Morgan fingerprint density at radius 2 is 2.41 bits per heavy atom. The SMILES string of the molecule is C=CCCCOc1cc(CNCC)c(Cl)cn1. The van der Waals surface area contributed by atoms with E-state index in [2.05, 4.69) is 23.8 Å². The Morgan fingerprint density at radius 3 is 3.12 bits per heavy atom. The first-order valence-corrected chi connectivity index (χ1v) is 6.24. The van der Waals surface area contributed by atoms with Crippen molar-refractivity contribution in [1.82, 2.24) is 10.3 Å². The Labute approximate surface area is 108 Å². The summed E-state index contributed by atoms with van der Waals surface area (Å²) in [4.78, 5) is 4.14. The minimum absolute atomic E-state index is 0.631. The fraction of sp³-hybridized carbons (Fsp3) is 0.462. The van der Waals surface area contributed by atoms with E-state index in [1.54, 1.807) is 6.20 Å². The van der Waals surface area contributed by atoms with Gasteiger partial charge < -0.3 is 10.1 Å². The molecule has 94 valence electrons. The third-order valence-corrected chi connectivity index (χ3v) is 2.62. The van der Waals surface area contributed by atoms with Gasteiger partial charge in [0, 0.05) is 18.8 Å². The maximum Gasteiger partial charge on any atom is 0.213 e. The molecule has 0 bridgehead atoms. The van der Waals surface area contributed by atoms with Gasteiger partial charge in [0.1, 0.15) is 0 Å². The second-order valence-electron chi connectivity index (χ2n) is 3.67. The van der Waals surface area contributed by atoms with Crippen molar-refractivity contribution in [2.75, 3.05) is 13.2 Å². The Kier molecular flexibility index (Phi) is 6.67. The monoisotopic (exact) mass is 254 g/mol. The van der Waals surface area contributed by atoms with Gasteiger partial charge in [0.15, 0.2) is 0 Å². The maximum absolute atomic E-state index is 6.04. The van der Waals surface area contributed by atoms with Gasteiger partial charge in [-0.15, -0.1) is 6.58 Å². The molecule has 1 aromatic heterocycles. The molecule has 0 spiro atoms. The Morgan fingerprint density at radius 1 is 1.59 bits per heavy atom. The molecule has 0 aliphatic rings. The first-order valence-electron chi connectivity index (χ1n) is 5.86. The zero-order valence-corrected chi connectivity index (χ0v) is 11.0. The number of hydrogen-bond acceptors (Lipinski definition) is 3. The van der Waals surface area contributed by atoms with Crippen LogP contribution in [0.5, 0.6) is 5.88 Å². The third-order valence-electron chi connectivity index (χ3n) is 2.28. The number of aromatic nitrogens is 1. The molecular weight excluding hydrogens is 236 g/mol. The van der Waals surface area contributed by atoms with Crippen LogP contribution in [0.3, 0.4) is 0 Å². The summed E-state index contributed by atoms with van der Waals surface area (Å²) in [7, 11) is 0. The van der Waals surface area contributed by atoms with Crippen LogP contribution < -0.4 is 10.1 Å². The summed E-state index contributed by atoms with van der Waals surface area (Å²) in [5, 5.41) is 3.90. The topological polar surface area (TPSA) is 34.1 Å². The Hall–Kier alpha value is -1.06. The van der Waals surface area contributed by atoms with Crippen LogP contribution in [-0.4, -0.2) is 18.1 Å². The molecule has 1 rings (SSSR count). The van der Waals surface area contributed by atoms with Crippen molar-refractivity contribution in [3.63, 3.8) is 0 Å². The first kappa shape index (κ1) is 14.0. The average molecular weight is 255 g/mol. The highest BCUT2D eigenvalue weighted by molar-refractivity contribution is 6.31. The van der Waals surface area contributed by atoms with Gasteiger partial charge in [0.25, 0.3) is 0 Å². The zero-order valence-electron chi connectivity index (χ0n) is 10.2. The van der Waals surface area contributed by atoms with Gasteiger partial charge in [0.05, 0.1) is 11.6 Å². The van der Waals surface area contributed by atoms with Crippen molar-refractivity contribution in [1.29, 1.82) is 0 Å². The third kappa shape index (κ3) is 5.20. The quantitative estimate of drug-likeness (QED) is 0.572. The van der Waals surface area contributed by atoms with E-state index in [-0.39, 0.29) is 0 Å². The predicted molar refractivity (Wildman–Crippen MR) is 71.6 cm³/mol. The zero-order chi connectivity index (χ0) is 12.5. The minimum atomic E-state index is 0.631. The second-order valence-corrected chi connectivity index (χ2v) is 4.08. The summed E-state index contributed by atoms with van der Waals surface area (Å²) in [6.45, 7) is 8.03. The summed E-state index contributed by atoms with van der Waals surface area (Å²) in [6.07, 6.45) is 5.43. The summed E-state index contributed by atoms with van der Waals surface area (Å²) in [5.41, 5.74) is 1.02. The minimum Gasteiger partial charge on any atom is -0.478 e. The smallest absolute Gasteiger partial charge is 0.213 e. The highest BCUT2D eigenvalue weighted by atomic mass is 35.5. The number of halogens is 1. The van der Waals surface area contributed by atoms with Crippen molar-refractivity contribution in [3.05, 3.63) is 35.5 Å². The van der Waals surface area contributed by atoms with Crippen LogP contribution in [0.1, 0.15) is 25.3 Å². The van der Waals surface area contributed by atoms with E-state index in [1.165, 1.54) is 0 Å². The standard InChI is InChI=1S/C13H19ClN2O/c1-3-5-6-7-17-13-8-11(9-15-4-2)12(14)10-16-13/h3,8,10,15H,1,4-7,9H2,2H3. The molecular formula is C13H19ClN2O. The van der Waals surface area contributed by atoms with Gasteiger partial charge in [0.2, 0.25) is 5.88 Å². The van der Waals surface area contributed by atoms with E-state index in [1.807, 2.05) is 12.1 Å². The van der Waals surface area contributed by atoms with Crippen LogP contribution in [-0.2, 0) is 6.54 Å². The molecule has 1 heterocycles. The molecule has 0 atom stereocenters. The molecule has 0 saturated carbocycles. The molecule has 0 aliphatic carbocycles. The van der Waals surface area contributed by atoms with Gasteiger partial charge >= 0.3 is 0 Å². The fourth-order valence-electron chi connectivity index (χ4n) is 1.34. The number of pyridine rings is 1. The predicted octanol–water partition coefficient (Wildman–Crippen LogP) is 3.19. The van der Waals surface area contributed by atoms with E-state index in [4.69, 9.17) is 16.3 Å². The molecule has 4 heteroatoms. The molecule has 3 nitrogen and oxygen atoms in total. The molecule has 0 radical (unpaired) electrons. The average Bonchev–Trinajstić information content (AvgIpc) is 2.35. The molecule has 0 saturated heterocycles. The molecule has 1 aromatic rings. The lowest BCUT2D eigenvalue weighted by Gasteiger charge is -2.08. The van der Waals surface area contributed by atoms with Gasteiger partial charge in [-0.05, 0) is 24.9 Å². The Bertz CT molecular complexity index is 355. The summed E-state index contributed by atoms with van der Waals surface area (Å²) >= 11 is 6.04. The summed E-state index contributed by atoms with van der Waals surface area (Å²) in [5.74, 6) is 0.631. The molecule has 0 aliphatic heterocycles. The van der Waals surface area contributed by atoms with Crippen LogP contribution in [0.15, 0.2) is 24.9 Å². The van der Waals surface area contributed by atoms with Crippen LogP contribution in [0.25, 0.3) is 0 Å². The van der Waals surface area contributed by atoms with Gasteiger partial charge in [-0.2, -0.15) is 0 Å². The number of rotatable bonds is 8. The van der Waals surface area contributed by atoms with Gasteiger partial charge in [-0.1, -0.05) is 24.6 Å². The molecule has 17 heavy (non-hydrogen) atoms. The lowest BCUT2D eigenvalue weighted by molar-refractivity contribution is 0.300. The largest absolute Gasteiger partial charge is 0.478 e. The van der Waals surface area contributed by atoms with E-state index < -0.39 is 0 Å². The number of allylic oxidation sites excluding steroid dienone is 1. The number of nitrogens with zero attached hydrogens (tertiary/aromatic N) is 1. The van der Waals surface area contributed by atoms with E-state index in [0.29, 0.717) is 17.5 Å². The van der Waals surface area contributed by atoms with E-state index in [0.717, 1.165) is 31.5 Å². The molecule has 0 aromatic carbocycles. The van der Waals surface area contributed by atoms with Crippen molar-refractivity contribution in [2.24, 2.45) is 0 Å². The van der Waals surface area contributed by atoms with Gasteiger partial charge in [-0.3, -0.25) is 0 Å². The van der Waals surface area contributed by atoms with Gasteiger partial charge in [-0.25, -0.2) is 4.98 Å². The van der Waals surface area contributed by atoms with Crippen LogP contribution in [0.2, 0.25) is 5.02 Å². The molecule has 0 unspecified atom stereocenters. The number of nitrogens with one attached hydrogen (secondary N) is 1. The van der Waals surface area contributed by atoms with Crippen molar-refractivity contribution < 1.29 is 4.74 Å². The lowest BCUT2D eigenvalue weighted by Crippen LogP contribution is -2.12.